The van der Waals surface area contributed by atoms with Gasteiger partial charge in [0.05, 0.1) is 11.8 Å². The lowest BCUT2D eigenvalue weighted by atomic mass is 10.1. The Hall–Kier alpha value is -2.63. The fourth-order valence-electron chi connectivity index (χ4n) is 2.35. The van der Waals surface area contributed by atoms with Gasteiger partial charge in [-0.25, -0.2) is 9.97 Å². The van der Waals surface area contributed by atoms with Gasteiger partial charge in [-0.3, -0.25) is 4.79 Å². The molecule has 1 aromatic carbocycles. The standard InChI is InChI=1S/C20H28N4O2/c1-13(2)10-11-21-19(25)17-12-15(5)22-20(24-17)23-16-8-6-7-9-18(16)26-14(3)4/h6-9,12-14H,10-11H2,1-5H3,(H,21,25)(H,22,23,24). The zero-order valence-corrected chi connectivity index (χ0v) is 16.2. The number of amides is 1. The van der Waals surface area contributed by atoms with Crippen molar-refractivity contribution in [1.82, 2.24) is 15.3 Å². The Kier molecular flexibility index (Phi) is 6.95. The van der Waals surface area contributed by atoms with Crippen LogP contribution in [0.2, 0.25) is 0 Å². The third-order valence-electron chi connectivity index (χ3n) is 3.59. The second kappa shape index (κ2) is 9.17. The zero-order chi connectivity index (χ0) is 19.1. The van der Waals surface area contributed by atoms with Crippen molar-refractivity contribution in [2.24, 2.45) is 5.92 Å². The van der Waals surface area contributed by atoms with E-state index in [-0.39, 0.29) is 12.0 Å². The van der Waals surface area contributed by atoms with Gasteiger partial charge in [-0.15, -0.1) is 0 Å². The molecule has 0 aliphatic heterocycles. The van der Waals surface area contributed by atoms with E-state index in [0.717, 1.165) is 23.6 Å². The minimum Gasteiger partial charge on any atom is -0.489 e. The molecule has 26 heavy (non-hydrogen) atoms. The number of para-hydroxylation sites is 2. The fraction of sp³-hybridized carbons (Fsp3) is 0.450. The summed E-state index contributed by atoms with van der Waals surface area (Å²) < 4.78 is 5.80. The summed E-state index contributed by atoms with van der Waals surface area (Å²) >= 11 is 0. The Morgan fingerprint density at radius 3 is 2.58 bits per heavy atom. The largest absolute Gasteiger partial charge is 0.489 e. The lowest BCUT2D eigenvalue weighted by molar-refractivity contribution is 0.0947. The molecule has 6 heteroatoms. The molecule has 2 N–H and O–H groups in total. The number of benzene rings is 1. The number of carbonyl (C=O) groups excluding carboxylic acids is 1. The predicted molar refractivity (Wildman–Crippen MR) is 104 cm³/mol. The molecule has 140 valence electrons. The average Bonchev–Trinajstić information content (AvgIpc) is 2.55. The number of aryl methyl sites for hydroxylation is 1. The first-order valence-electron chi connectivity index (χ1n) is 9.01. The molecule has 0 fully saturated rings. The highest BCUT2D eigenvalue weighted by Gasteiger charge is 2.12. The van der Waals surface area contributed by atoms with E-state index in [9.17, 15) is 4.79 Å². The molecule has 0 unspecified atom stereocenters. The van der Waals surface area contributed by atoms with E-state index in [1.807, 2.05) is 45.0 Å². The van der Waals surface area contributed by atoms with Gasteiger partial charge in [0.1, 0.15) is 11.4 Å². The summed E-state index contributed by atoms with van der Waals surface area (Å²) in [6.45, 7) is 10.7. The molecule has 1 amide bonds. The normalized spacial score (nSPS) is 10.9. The number of nitrogens with zero attached hydrogens (tertiary/aromatic N) is 2. The van der Waals surface area contributed by atoms with Gasteiger partial charge in [-0.1, -0.05) is 26.0 Å². The molecule has 0 aliphatic rings. The summed E-state index contributed by atoms with van der Waals surface area (Å²) in [5.41, 5.74) is 1.84. The highest BCUT2D eigenvalue weighted by molar-refractivity contribution is 5.92. The lowest BCUT2D eigenvalue weighted by Gasteiger charge is -2.15. The van der Waals surface area contributed by atoms with Crippen LogP contribution >= 0.6 is 0 Å². The van der Waals surface area contributed by atoms with Gasteiger partial charge in [0.25, 0.3) is 5.91 Å². The number of hydrogen-bond acceptors (Lipinski definition) is 5. The molecule has 0 bridgehead atoms. The van der Waals surface area contributed by atoms with Crippen molar-refractivity contribution in [2.75, 3.05) is 11.9 Å². The van der Waals surface area contributed by atoms with Crippen LogP contribution in [0.15, 0.2) is 30.3 Å². The summed E-state index contributed by atoms with van der Waals surface area (Å²) in [5, 5.41) is 6.07. The van der Waals surface area contributed by atoms with E-state index in [1.165, 1.54) is 0 Å². The van der Waals surface area contributed by atoms with Crippen LogP contribution in [0.4, 0.5) is 11.6 Å². The van der Waals surface area contributed by atoms with Gasteiger partial charge in [0.2, 0.25) is 5.95 Å². The summed E-state index contributed by atoms with van der Waals surface area (Å²) in [5.74, 6) is 1.44. The highest BCUT2D eigenvalue weighted by Crippen LogP contribution is 2.27. The maximum atomic E-state index is 12.3. The monoisotopic (exact) mass is 356 g/mol. The van der Waals surface area contributed by atoms with Crippen molar-refractivity contribution in [2.45, 2.75) is 47.1 Å². The Labute approximate surface area is 155 Å². The summed E-state index contributed by atoms with van der Waals surface area (Å²) in [7, 11) is 0. The summed E-state index contributed by atoms with van der Waals surface area (Å²) in [6.07, 6.45) is 0.986. The maximum Gasteiger partial charge on any atom is 0.270 e. The van der Waals surface area contributed by atoms with E-state index in [2.05, 4.69) is 34.4 Å². The Bertz CT molecular complexity index is 744. The van der Waals surface area contributed by atoms with Crippen LogP contribution in [0.1, 0.15) is 50.3 Å². The second-order valence-electron chi connectivity index (χ2n) is 6.94. The van der Waals surface area contributed by atoms with Crippen molar-refractivity contribution >= 4 is 17.5 Å². The second-order valence-corrected chi connectivity index (χ2v) is 6.94. The van der Waals surface area contributed by atoms with E-state index in [0.29, 0.717) is 24.1 Å². The number of hydrogen-bond donors (Lipinski definition) is 2. The minimum absolute atomic E-state index is 0.0543. The molecule has 0 aliphatic carbocycles. The van der Waals surface area contributed by atoms with Crippen molar-refractivity contribution in [1.29, 1.82) is 0 Å². The SMILES string of the molecule is Cc1cc(C(=O)NCCC(C)C)nc(Nc2ccccc2OC(C)C)n1. The van der Waals surface area contributed by atoms with Crippen LogP contribution < -0.4 is 15.4 Å². The van der Waals surface area contributed by atoms with E-state index in [1.54, 1.807) is 6.07 Å². The van der Waals surface area contributed by atoms with Crippen LogP contribution in [-0.2, 0) is 0 Å². The maximum absolute atomic E-state index is 12.3. The number of rotatable bonds is 8. The van der Waals surface area contributed by atoms with Gasteiger partial charge in [-0.2, -0.15) is 0 Å². The summed E-state index contributed by atoms with van der Waals surface area (Å²) in [4.78, 5) is 21.1. The Morgan fingerprint density at radius 1 is 1.15 bits per heavy atom. The summed E-state index contributed by atoms with van der Waals surface area (Å²) in [6, 6.07) is 9.29. The number of ether oxygens (including phenoxy) is 1. The Morgan fingerprint density at radius 2 is 1.88 bits per heavy atom. The van der Waals surface area contributed by atoms with Crippen molar-refractivity contribution in [3.63, 3.8) is 0 Å². The number of aromatic nitrogens is 2. The van der Waals surface area contributed by atoms with Gasteiger partial charge >= 0.3 is 0 Å². The topological polar surface area (TPSA) is 76.1 Å². The van der Waals surface area contributed by atoms with Crippen molar-refractivity contribution in [3.8, 4) is 5.75 Å². The molecule has 0 radical (unpaired) electrons. The van der Waals surface area contributed by atoms with E-state index in [4.69, 9.17) is 4.74 Å². The molecular weight excluding hydrogens is 328 g/mol. The first-order valence-corrected chi connectivity index (χ1v) is 9.01. The first-order chi connectivity index (χ1) is 12.3. The average molecular weight is 356 g/mol. The van der Waals surface area contributed by atoms with Crippen molar-refractivity contribution < 1.29 is 9.53 Å². The Balaban J connectivity index is 2.16. The van der Waals surface area contributed by atoms with Crippen LogP contribution in [0.3, 0.4) is 0 Å². The van der Waals surface area contributed by atoms with Crippen LogP contribution in [0.5, 0.6) is 5.75 Å². The molecule has 0 saturated carbocycles. The van der Waals surface area contributed by atoms with Gasteiger partial charge < -0.3 is 15.4 Å². The minimum atomic E-state index is -0.189. The van der Waals surface area contributed by atoms with Gasteiger partial charge in [-0.05, 0) is 51.3 Å². The van der Waals surface area contributed by atoms with E-state index >= 15 is 0 Å². The molecule has 0 saturated heterocycles. The number of carbonyl (C=O) groups is 1. The zero-order valence-electron chi connectivity index (χ0n) is 16.2. The smallest absolute Gasteiger partial charge is 0.270 e. The fourth-order valence-corrected chi connectivity index (χ4v) is 2.35. The predicted octanol–water partition coefficient (Wildman–Crippen LogP) is 4.09. The van der Waals surface area contributed by atoms with Gasteiger partial charge in [0.15, 0.2) is 0 Å². The molecule has 0 atom stereocenters. The molecule has 2 aromatic rings. The molecule has 2 rings (SSSR count). The molecule has 1 heterocycles. The third kappa shape index (κ3) is 6.02. The highest BCUT2D eigenvalue weighted by atomic mass is 16.5. The van der Waals surface area contributed by atoms with Crippen molar-refractivity contribution in [3.05, 3.63) is 41.7 Å². The first kappa shape index (κ1) is 19.7. The van der Waals surface area contributed by atoms with Crippen LogP contribution in [0.25, 0.3) is 0 Å². The molecule has 0 spiro atoms. The lowest BCUT2D eigenvalue weighted by Crippen LogP contribution is -2.26. The quantitative estimate of drug-likeness (QED) is 0.745. The van der Waals surface area contributed by atoms with E-state index < -0.39 is 0 Å². The number of anilines is 2. The van der Waals surface area contributed by atoms with Crippen LogP contribution in [-0.4, -0.2) is 28.5 Å². The number of nitrogens with one attached hydrogen (secondary N) is 2. The molecule has 6 nitrogen and oxygen atoms in total. The molecule has 1 aromatic heterocycles. The molecular formula is C20H28N4O2. The van der Waals surface area contributed by atoms with Crippen LogP contribution in [0, 0.1) is 12.8 Å². The third-order valence-corrected chi connectivity index (χ3v) is 3.59. The van der Waals surface area contributed by atoms with Gasteiger partial charge in [0, 0.05) is 12.2 Å².